The predicted octanol–water partition coefficient (Wildman–Crippen LogP) is 3.26. The van der Waals surface area contributed by atoms with Gasteiger partial charge in [-0.05, 0) is 36.3 Å². The Bertz CT molecular complexity index is 1040. The number of hydrogen-bond acceptors (Lipinski definition) is 4. The Morgan fingerprint density at radius 3 is 2.60 bits per heavy atom. The highest BCUT2D eigenvalue weighted by Gasteiger charge is 2.13. The molecule has 0 spiro atoms. The summed E-state index contributed by atoms with van der Waals surface area (Å²) >= 11 is 0. The first-order valence-electron chi connectivity index (χ1n) is 10.1. The number of aromatic nitrogens is 1. The van der Waals surface area contributed by atoms with E-state index in [1.165, 1.54) is 12.6 Å². The van der Waals surface area contributed by atoms with E-state index in [2.05, 4.69) is 58.3 Å². The molecule has 0 unspecified atom stereocenters. The molecule has 30 heavy (non-hydrogen) atoms. The third-order valence-corrected chi connectivity index (χ3v) is 5.03. The number of para-hydroxylation sites is 1. The molecule has 1 heterocycles. The number of aromatic amines is 1. The summed E-state index contributed by atoms with van der Waals surface area (Å²) in [6.07, 6.45) is 0. The van der Waals surface area contributed by atoms with E-state index < -0.39 is 0 Å². The lowest BCUT2D eigenvalue weighted by Gasteiger charge is -2.18. The average Bonchev–Trinajstić information content (AvgIpc) is 3.21. The van der Waals surface area contributed by atoms with Crippen LogP contribution in [0.2, 0.25) is 0 Å². The zero-order valence-corrected chi connectivity index (χ0v) is 17.7. The van der Waals surface area contributed by atoms with Crippen molar-refractivity contribution in [1.29, 1.82) is 0 Å². The zero-order valence-electron chi connectivity index (χ0n) is 17.7. The van der Waals surface area contributed by atoms with Gasteiger partial charge in [-0.3, -0.25) is 20.0 Å². The topological polar surface area (TPSA) is 95.7 Å². The van der Waals surface area contributed by atoms with Crippen molar-refractivity contribution in [2.45, 2.75) is 27.0 Å². The van der Waals surface area contributed by atoms with Gasteiger partial charge in [-0.15, -0.1) is 0 Å². The van der Waals surface area contributed by atoms with Crippen molar-refractivity contribution in [3.05, 3.63) is 65.4 Å². The summed E-state index contributed by atoms with van der Waals surface area (Å²) in [7, 11) is 1.52. The first-order valence-corrected chi connectivity index (χ1v) is 10.1. The van der Waals surface area contributed by atoms with Gasteiger partial charge in [0.2, 0.25) is 0 Å². The van der Waals surface area contributed by atoms with Gasteiger partial charge in [0, 0.05) is 19.0 Å². The highest BCUT2D eigenvalue weighted by Crippen LogP contribution is 2.26. The predicted molar refractivity (Wildman–Crippen MR) is 121 cm³/mol. The second kappa shape index (κ2) is 9.93. The van der Waals surface area contributed by atoms with Gasteiger partial charge in [-0.2, -0.15) is 0 Å². The Hall–Kier alpha value is -3.32. The number of fused-ring (bicyclic) bond motifs is 1. The normalized spacial score (nSPS) is 11.8. The first-order chi connectivity index (χ1) is 14.5. The van der Waals surface area contributed by atoms with Crippen LogP contribution in [0, 0.1) is 0 Å². The van der Waals surface area contributed by atoms with E-state index in [9.17, 15) is 4.79 Å². The van der Waals surface area contributed by atoms with E-state index in [0.29, 0.717) is 18.1 Å². The van der Waals surface area contributed by atoms with E-state index in [4.69, 9.17) is 10.5 Å². The van der Waals surface area contributed by atoms with Gasteiger partial charge < -0.3 is 15.5 Å². The van der Waals surface area contributed by atoms with Gasteiger partial charge in [-0.1, -0.05) is 50.2 Å². The standard InChI is InChI=1S/C23H29N5O2/c1-4-28(5-2)14-16-8-6-9-17(12-16)15-30-20-11-7-10-18-13-19(26-21(18)20)22(29)27-23(24)25-3/h6-13,26H,4-5,14-15H2,1-3H3,(H3,24,25,27,29). The maximum atomic E-state index is 12.3. The van der Waals surface area contributed by atoms with Crippen molar-refractivity contribution >= 4 is 22.8 Å². The van der Waals surface area contributed by atoms with Crippen LogP contribution in [-0.2, 0) is 13.2 Å². The maximum Gasteiger partial charge on any atom is 0.274 e. The smallest absolute Gasteiger partial charge is 0.274 e. The number of nitrogens with two attached hydrogens (primary N) is 1. The number of benzene rings is 2. The fourth-order valence-electron chi connectivity index (χ4n) is 3.29. The van der Waals surface area contributed by atoms with E-state index in [1.807, 2.05) is 18.2 Å². The Morgan fingerprint density at radius 2 is 1.87 bits per heavy atom. The summed E-state index contributed by atoms with van der Waals surface area (Å²) in [5.41, 5.74) is 9.13. The van der Waals surface area contributed by atoms with Gasteiger partial charge in [0.15, 0.2) is 5.96 Å². The molecule has 0 saturated carbocycles. The van der Waals surface area contributed by atoms with E-state index in [1.54, 1.807) is 6.07 Å². The maximum absolute atomic E-state index is 12.3. The van der Waals surface area contributed by atoms with Crippen molar-refractivity contribution in [2.75, 3.05) is 20.1 Å². The number of carbonyl (C=O) groups is 1. The highest BCUT2D eigenvalue weighted by molar-refractivity contribution is 6.06. The van der Waals surface area contributed by atoms with Crippen LogP contribution in [0.1, 0.15) is 35.5 Å². The molecule has 0 saturated heterocycles. The zero-order chi connectivity index (χ0) is 21.5. The number of nitrogens with one attached hydrogen (secondary N) is 2. The minimum absolute atomic E-state index is 0.0692. The summed E-state index contributed by atoms with van der Waals surface area (Å²) in [5.74, 6) is 0.418. The van der Waals surface area contributed by atoms with Crippen LogP contribution in [0.4, 0.5) is 0 Å². The van der Waals surface area contributed by atoms with Crippen molar-refractivity contribution in [3.8, 4) is 5.75 Å². The molecule has 0 bridgehead atoms. The molecular weight excluding hydrogens is 378 g/mol. The highest BCUT2D eigenvalue weighted by atomic mass is 16.5. The van der Waals surface area contributed by atoms with Crippen LogP contribution in [0.15, 0.2) is 53.5 Å². The lowest BCUT2D eigenvalue weighted by atomic mass is 10.1. The third kappa shape index (κ3) is 5.18. The number of guanidine groups is 1. The molecule has 0 radical (unpaired) electrons. The second-order valence-electron chi connectivity index (χ2n) is 7.04. The molecule has 0 atom stereocenters. The summed E-state index contributed by atoms with van der Waals surface area (Å²) < 4.78 is 6.09. The fraction of sp³-hybridized carbons (Fsp3) is 0.304. The van der Waals surface area contributed by atoms with Crippen LogP contribution >= 0.6 is 0 Å². The lowest BCUT2D eigenvalue weighted by molar-refractivity contribution is 0.0972. The van der Waals surface area contributed by atoms with Gasteiger partial charge in [0.1, 0.15) is 18.1 Å². The Morgan fingerprint density at radius 1 is 1.13 bits per heavy atom. The van der Waals surface area contributed by atoms with Crippen molar-refractivity contribution in [3.63, 3.8) is 0 Å². The number of carbonyl (C=O) groups excluding carboxylic acids is 1. The summed E-state index contributed by atoms with van der Waals surface area (Å²) in [6, 6.07) is 15.9. The van der Waals surface area contributed by atoms with Gasteiger partial charge in [0.05, 0.1) is 5.52 Å². The summed E-state index contributed by atoms with van der Waals surface area (Å²) in [5, 5.41) is 3.42. The van der Waals surface area contributed by atoms with Gasteiger partial charge >= 0.3 is 0 Å². The van der Waals surface area contributed by atoms with Gasteiger partial charge in [0.25, 0.3) is 5.91 Å². The molecule has 7 nitrogen and oxygen atoms in total. The molecule has 0 fully saturated rings. The van der Waals surface area contributed by atoms with E-state index in [-0.39, 0.29) is 11.9 Å². The monoisotopic (exact) mass is 407 g/mol. The number of hydrogen-bond donors (Lipinski definition) is 3. The molecule has 3 aromatic rings. The number of amides is 1. The molecule has 0 aliphatic rings. The summed E-state index contributed by atoms with van der Waals surface area (Å²) in [4.78, 5) is 21.6. The SMILES string of the molecule is CCN(CC)Cc1cccc(COc2cccc3cc(C(=O)NC(N)=NC)[nH]c23)c1. The molecular formula is C23H29N5O2. The Labute approximate surface area is 176 Å². The quantitative estimate of drug-likeness (QED) is 0.394. The van der Waals surface area contributed by atoms with E-state index >= 15 is 0 Å². The number of H-pyrrole nitrogens is 1. The van der Waals surface area contributed by atoms with Crippen LogP contribution in [-0.4, -0.2) is 41.9 Å². The number of nitrogens with zero attached hydrogens (tertiary/aromatic N) is 2. The lowest BCUT2D eigenvalue weighted by Crippen LogP contribution is -2.36. The average molecular weight is 408 g/mol. The molecule has 0 aliphatic heterocycles. The van der Waals surface area contributed by atoms with Crippen LogP contribution in [0.3, 0.4) is 0 Å². The van der Waals surface area contributed by atoms with Crippen molar-refractivity contribution in [1.82, 2.24) is 15.2 Å². The molecule has 1 amide bonds. The number of ether oxygens (including phenoxy) is 1. The Balaban J connectivity index is 1.74. The third-order valence-electron chi connectivity index (χ3n) is 5.03. The van der Waals surface area contributed by atoms with Crippen LogP contribution < -0.4 is 15.8 Å². The molecule has 1 aromatic heterocycles. The van der Waals surface area contributed by atoms with Crippen molar-refractivity contribution in [2.24, 2.45) is 10.7 Å². The minimum atomic E-state index is -0.343. The van der Waals surface area contributed by atoms with Crippen molar-refractivity contribution < 1.29 is 9.53 Å². The second-order valence-corrected chi connectivity index (χ2v) is 7.04. The van der Waals surface area contributed by atoms with E-state index in [0.717, 1.165) is 36.1 Å². The fourth-order valence-corrected chi connectivity index (χ4v) is 3.29. The number of rotatable bonds is 8. The molecule has 158 valence electrons. The minimum Gasteiger partial charge on any atom is -0.487 e. The molecule has 4 N–H and O–H groups in total. The van der Waals surface area contributed by atoms with Gasteiger partial charge in [-0.25, -0.2) is 0 Å². The molecule has 0 aliphatic carbocycles. The largest absolute Gasteiger partial charge is 0.487 e. The van der Waals surface area contributed by atoms with Crippen LogP contribution in [0.25, 0.3) is 10.9 Å². The molecule has 2 aromatic carbocycles. The number of aliphatic imine (C=N–C) groups is 1. The summed E-state index contributed by atoms with van der Waals surface area (Å²) in [6.45, 7) is 7.77. The first kappa shape index (κ1) is 21.4. The Kier molecular flexibility index (Phi) is 7.08. The molecule has 7 heteroatoms. The molecule has 3 rings (SSSR count). The van der Waals surface area contributed by atoms with Crippen LogP contribution in [0.5, 0.6) is 5.75 Å².